The highest BCUT2D eigenvalue weighted by atomic mass is 15.0. The second-order valence-corrected chi connectivity index (χ2v) is 7.63. The van der Waals surface area contributed by atoms with E-state index in [1.807, 2.05) is 30.3 Å². The number of nitrogens with one attached hydrogen (secondary N) is 1. The van der Waals surface area contributed by atoms with Gasteiger partial charge in [-0.1, -0.05) is 38.5 Å². The topological polar surface area (TPSA) is 42.7 Å². The summed E-state index contributed by atoms with van der Waals surface area (Å²) in [4.78, 5) is 8.80. The zero-order valence-electron chi connectivity index (χ0n) is 15.6. The van der Waals surface area contributed by atoms with E-state index in [0.29, 0.717) is 5.92 Å². The maximum Gasteiger partial charge on any atom is 0.130 e. The molecule has 26 heavy (non-hydrogen) atoms. The molecule has 3 aromatic rings. The Hall–Kier alpha value is -2.62. The normalized spacial score (nSPS) is 20.2. The lowest BCUT2D eigenvalue weighted by molar-refractivity contribution is 0.321. The lowest BCUT2D eigenvalue weighted by Gasteiger charge is -2.28. The fourth-order valence-corrected chi connectivity index (χ4v) is 3.88. The average Bonchev–Trinajstić information content (AvgIpc) is 3.07. The van der Waals surface area contributed by atoms with Gasteiger partial charge in [-0.25, -0.2) is 9.97 Å². The molecule has 1 aliphatic rings. The van der Waals surface area contributed by atoms with E-state index in [2.05, 4.69) is 53.1 Å². The maximum absolute atomic E-state index is 4.58. The fourth-order valence-electron chi connectivity index (χ4n) is 3.88. The highest BCUT2D eigenvalue weighted by Gasteiger charge is 2.20. The van der Waals surface area contributed by atoms with Crippen molar-refractivity contribution in [1.82, 2.24) is 14.5 Å². The summed E-state index contributed by atoms with van der Waals surface area (Å²) in [5, 5.41) is 5.77. The van der Waals surface area contributed by atoms with Gasteiger partial charge < -0.3 is 9.88 Å². The zero-order chi connectivity index (χ0) is 18.1. The average molecular weight is 346 g/mol. The van der Waals surface area contributed by atoms with Gasteiger partial charge in [0.25, 0.3) is 0 Å². The number of nitrogens with zero attached hydrogens (tertiary/aromatic N) is 3. The van der Waals surface area contributed by atoms with E-state index >= 15 is 0 Å². The highest BCUT2D eigenvalue weighted by molar-refractivity contribution is 5.88. The van der Waals surface area contributed by atoms with Crippen molar-refractivity contribution in [3.05, 3.63) is 55.3 Å². The first kappa shape index (κ1) is 16.8. The molecule has 4 nitrogen and oxygen atoms in total. The molecule has 2 aromatic heterocycles. The number of pyridine rings is 1. The van der Waals surface area contributed by atoms with Crippen LogP contribution in [0.1, 0.15) is 32.6 Å². The second-order valence-electron chi connectivity index (χ2n) is 7.63. The Bertz CT molecular complexity index is 932. The van der Waals surface area contributed by atoms with Gasteiger partial charge in [0, 0.05) is 29.9 Å². The Kier molecular flexibility index (Phi) is 4.49. The van der Waals surface area contributed by atoms with Crippen LogP contribution in [-0.4, -0.2) is 14.5 Å². The Balaban J connectivity index is 1.56. The van der Waals surface area contributed by atoms with Gasteiger partial charge in [-0.2, -0.15) is 0 Å². The SMILES string of the molecule is C=C(Nc1cc2cc(-c3cncn3C)ccc2cn1)C1CCC(C)CC1. The van der Waals surface area contributed by atoms with E-state index in [4.69, 9.17) is 0 Å². The van der Waals surface area contributed by atoms with Crippen LogP contribution in [0.5, 0.6) is 0 Å². The van der Waals surface area contributed by atoms with Gasteiger partial charge in [-0.05, 0) is 42.2 Å². The van der Waals surface area contributed by atoms with E-state index < -0.39 is 0 Å². The van der Waals surface area contributed by atoms with Crippen LogP contribution in [0.15, 0.2) is 55.3 Å². The van der Waals surface area contributed by atoms with Gasteiger partial charge in [0.05, 0.1) is 18.2 Å². The number of hydrogen-bond acceptors (Lipinski definition) is 3. The largest absolute Gasteiger partial charge is 0.344 e. The molecule has 2 heterocycles. The number of allylic oxidation sites excluding steroid dienone is 1. The first-order chi connectivity index (χ1) is 12.6. The van der Waals surface area contributed by atoms with Gasteiger partial charge in [0.2, 0.25) is 0 Å². The molecular weight excluding hydrogens is 320 g/mol. The number of rotatable bonds is 4. The molecule has 4 rings (SSSR count). The van der Waals surface area contributed by atoms with Crippen molar-refractivity contribution < 1.29 is 0 Å². The minimum atomic E-state index is 0.560. The molecule has 1 N–H and O–H groups in total. The standard InChI is InChI=1S/C22H26N4/c1-15-4-6-17(7-5-15)16(2)25-22-11-20-10-18(8-9-19(20)12-24-22)21-13-23-14-26(21)3/h8-15,17H,2,4-7H2,1,3H3,(H,24,25). The monoisotopic (exact) mass is 346 g/mol. The lowest BCUT2D eigenvalue weighted by atomic mass is 9.81. The van der Waals surface area contributed by atoms with Crippen molar-refractivity contribution in [2.45, 2.75) is 32.6 Å². The molecule has 134 valence electrons. The van der Waals surface area contributed by atoms with Crippen molar-refractivity contribution in [2.24, 2.45) is 18.9 Å². The van der Waals surface area contributed by atoms with Crippen LogP contribution in [0.4, 0.5) is 5.82 Å². The summed E-state index contributed by atoms with van der Waals surface area (Å²) in [5.74, 6) is 2.29. The Morgan fingerprint density at radius 1 is 1.12 bits per heavy atom. The summed E-state index contributed by atoms with van der Waals surface area (Å²) in [6.07, 6.45) is 10.7. The molecule has 1 fully saturated rings. The predicted molar refractivity (Wildman–Crippen MR) is 108 cm³/mol. The third kappa shape index (κ3) is 3.36. The summed E-state index contributed by atoms with van der Waals surface area (Å²) < 4.78 is 2.04. The number of benzene rings is 1. The van der Waals surface area contributed by atoms with Crippen LogP contribution in [0.25, 0.3) is 22.0 Å². The molecular formula is C22H26N4. The van der Waals surface area contributed by atoms with Crippen molar-refractivity contribution in [3.63, 3.8) is 0 Å². The van der Waals surface area contributed by atoms with E-state index in [1.54, 1.807) is 0 Å². The first-order valence-electron chi connectivity index (χ1n) is 9.42. The van der Waals surface area contributed by atoms with Crippen LogP contribution in [0.2, 0.25) is 0 Å². The van der Waals surface area contributed by atoms with E-state index in [0.717, 1.165) is 34.1 Å². The van der Waals surface area contributed by atoms with Crippen LogP contribution in [-0.2, 0) is 7.05 Å². The summed E-state index contributed by atoms with van der Waals surface area (Å²) in [6, 6.07) is 8.55. The summed E-state index contributed by atoms with van der Waals surface area (Å²) in [6.45, 7) is 6.63. The number of imidazole rings is 1. The molecule has 0 atom stereocenters. The number of fused-ring (bicyclic) bond motifs is 1. The van der Waals surface area contributed by atoms with Gasteiger partial charge in [0.15, 0.2) is 0 Å². The Morgan fingerprint density at radius 3 is 2.65 bits per heavy atom. The molecule has 1 aliphatic carbocycles. The molecule has 0 radical (unpaired) electrons. The number of hydrogen-bond donors (Lipinski definition) is 1. The smallest absolute Gasteiger partial charge is 0.130 e. The van der Waals surface area contributed by atoms with Crippen molar-refractivity contribution >= 4 is 16.6 Å². The molecule has 0 unspecified atom stereocenters. The lowest BCUT2D eigenvalue weighted by Crippen LogP contribution is -2.18. The Labute approximate surface area is 155 Å². The van der Waals surface area contributed by atoms with E-state index in [1.165, 1.54) is 31.1 Å². The molecule has 0 amide bonds. The molecule has 0 bridgehead atoms. The van der Waals surface area contributed by atoms with Crippen LogP contribution >= 0.6 is 0 Å². The Morgan fingerprint density at radius 2 is 1.92 bits per heavy atom. The number of aryl methyl sites for hydroxylation is 1. The third-order valence-corrected chi connectivity index (χ3v) is 5.63. The minimum Gasteiger partial charge on any atom is -0.344 e. The second kappa shape index (κ2) is 6.94. The first-order valence-corrected chi connectivity index (χ1v) is 9.42. The summed E-state index contributed by atoms with van der Waals surface area (Å²) >= 11 is 0. The summed E-state index contributed by atoms with van der Waals surface area (Å²) in [7, 11) is 2.01. The van der Waals surface area contributed by atoms with Crippen LogP contribution in [0.3, 0.4) is 0 Å². The molecule has 0 aliphatic heterocycles. The van der Waals surface area contributed by atoms with E-state index in [9.17, 15) is 0 Å². The highest BCUT2D eigenvalue weighted by Crippen LogP contribution is 2.33. The van der Waals surface area contributed by atoms with Gasteiger partial charge >= 0.3 is 0 Å². The summed E-state index contributed by atoms with van der Waals surface area (Å²) in [5.41, 5.74) is 3.38. The quantitative estimate of drug-likeness (QED) is 0.689. The molecule has 0 spiro atoms. The molecule has 4 heteroatoms. The maximum atomic E-state index is 4.58. The minimum absolute atomic E-state index is 0.560. The van der Waals surface area contributed by atoms with Crippen molar-refractivity contribution in [2.75, 3.05) is 5.32 Å². The van der Waals surface area contributed by atoms with Crippen LogP contribution in [0, 0.1) is 11.8 Å². The van der Waals surface area contributed by atoms with Gasteiger partial charge in [-0.15, -0.1) is 0 Å². The number of anilines is 1. The van der Waals surface area contributed by atoms with Gasteiger partial charge in [-0.3, -0.25) is 0 Å². The third-order valence-electron chi connectivity index (χ3n) is 5.63. The van der Waals surface area contributed by atoms with Crippen molar-refractivity contribution in [1.29, 1.82) is 0 Å². The fraction of sp³-hybridized carbons (Fsp3) is 0.364. The molecule has 1 aromatic carbocycles. The number of aromatic nitrogens is 3. The molecule has 0 saturated heterocycles. The van der Waals surface area contributed by atoms with Crippen LogP contribution < -0.4 is 5.32 Å². The zero-order valence-corrected chi connectivity index (χ0v) is 15.6. The van der Waals surface area contributed by atoms with Crippen molar-refractivity contribution in [3.8, 4) is 11.3 Å². The van der Waals surface area contributed by atoms with E-state index in [-0.39, 0.29) is 0 Å². The molecule has 1 saturated carbocycles. The van der Waals surface area contributed by atoms with Gasteiger partial charge in [0.1, 0.15) is 5.82 Å². The predicted octanol–water partition coefficient (Wildman–Crippen LogP) is 5.39.